The van der Waals surface area contributed by atoms with Crippen molar-refractivity contribution in [3.05, 3.63) is 0 Å². The van der Waals surface area contributed by atoms with Gasteiger partial charge in [0.15, 0.2) is 0 Å². The monoisotopic (exact) mass is 224 g/mol. The lowest BCUT2D eigenvalue weighted by Gasteiger charge is -2.36. The van der Waals surface area contributed by atoms with E-state index >= 15 is 0 Å². The minimum absolute atomic E-state index is 0.692. The van der Waals surface area contributed by atoms with E-state index in [9.17, 15) is 0 Å². The molecule has 1 aliphatic heterocycles. The number of piperidine rings is 1. The molecule has 1 saturated carbocycles. The van der Waals surface area contributed by atoms with Crippen LogP contribution in [-0.4, -0.2) is 30.6 Å². The Bertz CT molecular complexity index is 187. The fourth-order valence-electron chi connectivity index (χ4n) is 3.45. The van der Waals surface area contributed by atoms with E-state index in [0.717, 1.165) is 12.5 Å². The third-order valence-corrected chi connectivity index (χ3v) is 4.57. The lowest BCUT2D eigenvalue weighted by Crippen LogP contribution is -2.44. The molecule has 1 saturated heterocycles. The highest BCUT2D eigenvalue weighted by molar-refractivity contribution is 4.78. The van der Waals surface area contributed by atoms with Crippen molar-refractivity contribution < 1.29 is 0 Å². The van der Waals surface area contributed by atoms with Gasteiger partial charge in [-0.1, -0.05) is 38.5 Å². The van der Waals surface area contributed by atoms with Crippen LogP contribution < -0.4 is 5.73 Å². The summed E-state index contributed by atoms with van der Waals surface area (Å²) in [6.07, 6.45) is 12.9. The topological polar surface area (TPSA) is 29.3 Å². The van der Waals surface area contributed by atoms with Crippen LogP contribution in [-0.2, 0) is 0 Å². The molecule has 2 nitrogen and oxygen atoms in total. The predicted octanol–water partition coefficient (Wildman–Crippen LogP) is 2.77. The van der Waals surface area contributed by atoms with Gasteiger partial charge in [0.25, 0.3) is 0 Å². The van der Waals surface area contributed by atoms with E-state index < -0.39 is 0 Å². The number of hydrogen-bond acceptors (Lipinski definition) is 2. The smallest absolute Gasteiger partial charge is 0.0218 e. The largest absolute Gasteiger partial charge is 0.329 e. The second-order valence-electron chi connectivity index (χ2n) is 5.71. The van der Waals surface area contributed by atoms with Crippen LogP contribution in [0.3, 0.4) is 0 Å². The van der Waals surface area contributed by atoms with Crippen LogP contribution >= 0.6 is 0 Å². The molecule has 1 heterocycles. The normalized spacial score (nSPS) is 29.4. The highest BCUT2D eigenvalue weighted by Gasteiger charge is 2.22. The van der Waals surface area contributed by atoms with Crippen molar-refractivity contribution in [2.75, 3.05) is 19.6 Å². The molecule has 0 spiro atoms. The molecule has 0 aromatic carbocycles. The maximum absolute atomic E-state index is 5.86. The Morgan fingerprint density at radius 3 is 2.44 bits per heavy atom. The van der Waals surface area contributed by atoms with E-state index in [1.165, 1.54) is 70.9 Å². The van der Waals surface area contributed by atoms with Crippen LogP contribution in [0.4, 0.5) is 0 Å². The van der Waals surface area contributed by atoms with E-state index in [4.69, 9.17) is 5.73 Å². The first-order chi connectivity index (χ1) is 7.90. The molecule has 0 bridgehead atoms. The lowest BCUT2D eigenvalue weighted by molar-refractivity contribution is 0.138. The van der Waals surface area contributed by atoms with E-state index in [2.05, 4.69) is 4.90 Å². The Morgan fingerprint density at radius 1 is 0.938 bits per heavy atom. The van der Waals surface area contributed by atoms with Crippen molar-refractivity contribution in [2.24, 2.45) is 11.7 Å². The van der Waals surface area contributed by atoms with Crippen LogP contribution in [0.1, 0.15) is 57.8 Å². The van der Waals surface area contributed by atoms with Crippen molar-refractivity contribution in [2.45, 2.75) is 63.8 Å². The molecule has 2 aliphatic rings. The number of likely N-dealkylation sites (tertiary alicyclic amines) is 1. The number of hydrogen-bond donors (Lipinski definition) is 1. The van der Waals surface area contributed by atoms with Gasteiger partial charge in [-0.2, -0.15) is 0 Å². The summed E-state index contributed by atoms with van der Waals surface area (Å²) >= 11 is 0. The first-order valence-electron chi connectivity index (χ1n) is 7.34. The molecule has 0 aromatic rings. The third kappa shape index (κ3) is 3.46. The average Bonchev–Trinajstić information content (AvgIpc) is 2.38. The quantitative estimate of drug-likeness (QED) is 0.795. The fourth-order valence-corrected chi connectivity index (χ4v) is 3.45. The Hall–Kier alpha value is -0.0800. The zero-order valence-electron chi connectivity index (χ0n) is 10.7. The summed E-state index contributed by atoms with van der Waals surface area (Å²) in [6, 6.07) is 0.692. The van der Waals surface area contributed by atoms with E-state index in [0.29, 0.717) is 6.04 Å². The summed E-state index contributed by atoms with van der Waals surface area (Å²) < 4.78 is 0. The van der Waals surface area contributed by atoms with Gasteiger partial charge in [-0.3, -0.25) is 4.90 Å². The summed E-state index contributed by atoms with van der Waals surface area (Å²) in [4.78, 5) is 2.66. The van der Waals surface area contributed by atoms with Gasteiger partial charge in [0, 0.05) is 12.6 Å². The van der Waals surface area contributed by atoms with Crippen molar-refractivity contribution in [3.8, 4) is 0 Å². The minimum Gasteiger partial charge on any atom is -0.329 e. The molecule has 2 N–H and O–H groups in total. The van der Waals surface area contributed by atoms with Gasteiger partial charge in [0.05, 0.1) is 0 Å². The van der Waals surface area contributed by atoms with E-state index in [1.807, 2.05) is 0 Å². The van der Waals surface area contributed by atoms with Gasteiger partial charge in [-0.15, -0.1) is 0 Å². The molecule has 0 amide bonds. The van der Waals surface area contributed by atoms with Gasteiger partial charge in [-0.25, -0.2) is 0 Å². The molecule has 1 atom stereocenters. The van der Waals surface area contributed by atoms with Crippen LogP contribution in [0, 0.1) is 5.92 Å². The molecule has 0 aromatic heterocycles. The van der Waals surface area contributed by atoms with Crippen molar-refractivity contribution >= 4 is 0 Å². The zero-order valence-corrected chi connectivity index (χ0v) is 10.7. The van der Waals surface area contributed by atoms with Crippen molar-refractivity contribution in [1.82, 2.24) is 4.90 Å². The van der Waals surface area contributed by atoms with E-state index in [1.54, 1.807) is 0 Å². The summed E-state index contributed by atoms with van der Waals surface area (Å²) in [5.74, 6) is 1.02. The molecule has 0 radical (unpaired) electrons. The maximum atomic E-state index is 5.86. The molecular weight excluding hydrogens is 196 g/mol. The fraction of sp³-hybridized carbons (Fsp3) is 1.00. The molecule has 16 heavy (non-hydrogen) atoms. The molecular formula is C14H28N2. The highest BCUT2D eigenvalue weighted by Crippen LogP contribution is 2.27. The van der Waals surface area contributed by atoms with Crippen LogP contribution in [0.15, 0.2) is 0 Å². The molecule has 2 heteroatoms. The van der Waals surface area contributed by atoms with Gasteiger partial charge >= 0.3 is 0 Å². The van der Waals surface area contributed by atoms with Crippen LogP contribution in [0.2, 0.25) is 0 Å². The Balaban J connectivity index is 1.70. The first-order valence-corrected chi connectivity index (χ1v) is 7.34. The SMILES string of the molecule is NCC1CCCCN1CCC1CCCCC1. The highest BCUT2D eigenvalue weighted by atomic mass is 15.2. The number of nitrogens with two attached hydrogens (primary N) is 1. The van der Waals surface area contributed by atoms with Crippen molar-refractivity contribution in [3.63, 3.8) is 0 Å². The van der Waals surface area contributed by atoms with Crippen LogP contribution in [0.5, 0.6) is 0 Å². The van der Waals surface area contributed by atoms with Gasteiger partial charge < -0.3 is 5.73 Å². The summed E-state index contributed by atoms with van der Waals surface area (Å²) in [5, 5.41) is 0. The minimum atomic E-state index is 0.692. The zero-order chi connectivity index (χ0) is 11.2. The second-order valence-corrected chi connectivity index (χ2v) is 5.71. The maximum Gasteiger partial charge on any atom is 0.0218 e. The average molecular weight is 224 g/mol. The molecule has 2 rings (SSSR count). The Kier molecular flexibility index (Phi) is 5.11. The van der Waals surface area contributed by atoms with E-state index in [-0.39, 0.29) is 0 Å². The summed E-state index contributed by atoms with van der Waals surface area (Å²) in [7, 11) is 0. The summed E-state index contributed by atoms with van der Waals surface area (Å²) in [5.41, 5.74) is 5.86. The van der Waals surface area contributed by atoms with Gasteiger partial charge in [0.1, 0.15) is 0 Å². The van der Waals surface area contributed by atoms with Crippen molar-refractivity contribution in [1.29, 1.82) is 0 Å². The third-order valence-electron chi connectivity index (χ3n) is 4.57. The van der Waals surface area contributed by atoms with Gasteiger partial charge in [-0.05, 0) is 38.3 Å². The van der Waals surface area contributed by atoms with Gasteiger partial charge in [0.2, 0.25) is 0 Å². The number of rotatable bonds is 4. The second kappa shape index (κ2) is 6.61. The summed E-state index contributed by atoms with van der Waals surface area (Å²) in [6.45, 7) is 3.48. The molecule has 94 valence electrons. The Labute approximate surface area is 101 Å². The lowest BCUT2D eigenvalue weighted by atomic mass is 9.86. The molecule has 1 aliphatic carbocycles. The number of nitrogens with zero attached hydrogens (tertiary/aromatic N) is 1. The standard InChI is InChI=1S/C14H28N2/c15-12-14-8-4-5-10-16(14)11-9-13-6-2-1-3-7-13/h13-14H,1-12,15H2. The molecule has 2 fully saturated rings. The molecule has 1 unspecified atom stereocenters. The first kappa shape index (κ1) is 12.4. The Morgan fingerprint density at radius 2 is 1.69 bits per heavy atom. The van der Waals surface area contributed by atoms with Crippen LogP contribution in [0.25, 0.3) is 0 Å². The predicted molar refractivity (Wildman–Crippen MR) is 69.5 cm³/mol.